The Balaban J connectivity index is 1.43. The van der Waals surface area contributed by atoms with E-state index in [1.165, 1.54) is 9.87 Å². The second kappa shape index (κ2) is 10.2. The van der Waals surface area contributed by atoms with Crippen molar-refractivity contribution in [1.29, 1.82) is 0 Å². The number of sulfonamides is 1. The minimum Gasteiger partial charge on any atom is -0.344 e. The first-order chi connectivity index (χ1) is 15.9. The summed E-state index contributed by atoms with van der Waals surface area (Å²) in [6.07, 6.45) is 2.01. The van der Waals surface area contributed by atoms with Crippen LogP contribution in [-0.2, 0) is 21.2 Å². The van der Waals surface area contributed by atoms with Crippen LogP contribution in [0.1, 0.15) is 47.4 Å². The van der Waals surface area contributed by atoms with Crippen LogP contribution >= 0.6 is 11.3 Å². The SMILES string of the molecule is CCc1ccc([C@H](NC(=O)C2CCN(S(=O)(=O)c3ccc(C)cc3)CC2)c2cccs2)cc1. The Morgan fingerprint density at radius 2 is 1.73 bits per heavy atom. The number of aryl methyl sites for hydroxylation is 2. The molecule has 0 saturated carbocycles. The number of nitrogens with one attached hydrogen (secondary N) is 1. The molecule has 1 aliphatic rings. The largest absolute Gasteiger partial charge is 0.344 e. The highest BCUT2D eigenvalue weighted by Crippen LogP contribution is 2.29. The Bertz CT molecular complexity index is 1160. The summed E-state index contributed by atoms with van der Waals surface area (Å²) in [4.78, 5) is 14.6. The number of nitrogens with zero attached hydrogens (tertiary/aromatic N) is 1. The molecule has 0 unspecified atom stereocenters. The Kier molecular flexibility index (Phi) is 7.32. The molecule has 1 N–H and O–H groups in total. The van der Waals surface area contributed by atoms with Gasteiger partial charge in [-0.3, -0.25) is 4.79 Å². The van der Waals surface area contributed by atoms with Crippen molar-refractivity contribution >= 4 is 27.3 Å². The third kappa shape index (κ3) is 5.37. The quantitative estimate of drug-likeness (QED) is 0.520. The maximum absolute atomic E-state index is 13.2. The fourth-order valence-electron chi connectivity index (χ4n) is 4.20. The van der Waals surface area contributed by atoms with Crippen molar-refractivity contribution in [2.24, 2.45) is 5.92 Å². The molecule has 1 fully saturated rings. The monoisotopic (exact) mass is 482 g/mol. The van der Waals surface area contributed by atoms with Crippen LogP contribution in [0.3, 0.4) is 0 Å². The molecule has 174 valence electrons. The lowest BCUT2D eigenvalue weighted by Gasteiger charge is -2.31. The highest BCUT2D eigenvalue weighted by atomic mass is 32.2. The zero-order valence-electron chi connectivity index (χ0n) is 19.0. The van der Waals surface area contributed by atoms with Gasteiger partial charge in [0.1, 0.15) is 0 Å². The van der Waals surface area contributed by atoms with Crippen molar-refractivity contribution in [3.63, 3.8) is 0 Å². The molecular weight excluding hydrogens is 452 g/mol. The van der Waals surface area contributed by atoms with Crippen LogP contribution < -0.4 is 5.32 Å². The molecule has 1 atom stereocenters. The molecule has 33 heavy (non-hydrogen) atoms. The molecule has 4 rings (SSSR count). The van der Waals surface area contributed by atoms with Crippen LogP contribution in [0, 0.1) is 12.8 Å². The predicted octanol–water partition coefficient (Wildman–Crippen LogP) is 4.93. The van der Waals surface area contributed by atoms with Gasteiger partial charge < -0.3 is 5.32 Å². The summed E-state index contributed by atoms with van der Waals surface area (Å²) in [7, 11) is -3.53. The third-order valence-corrected chi connectivity index (χ3v) is 9.17. The Morgan fingerprint density at radius 3 is 2.30 bits per heavy atom. The van der Waals surface area contributed by atoms with Crippen molar-refractivity contribution in [1.82, 2.24) is 9.62 Å². The number of hydrogen-bond acceptors (Lipinski definition) is 4. The van der Waals surface area contributed by atoms with E-state index in [0.29, 0.717) is 30.8 Å². The smallest absolute Gasteiger partial charge is 0.243 e. The lowest BCUT2D eigenvalue weighted by molar-refractivity contribution is -0.126. The fourth-order valence-corrected chi connectivity index (χ4v) is 6.47. The van der Waals surface area contributed by atoms with Gasteiger partial charge in [0.15, 0.2) is 0 Å². The van der Waals surface area contributed by atoms with E-state index in [1.54, 1.807) is 23.5 Å². The molecule has 7 heteroatoms. The van der Waals surface area contributed by atoms with Crippen LogP contribution in [0.4, 0.5) is 0 Å². The number of hydrogen-bond donors (Lipinski definition) is 1. The molecule has 3 aromatic rings. The standard InChI is InChI=1S/C26H30N2O3S2/c1-3-20-8-10-21(11-9-20)25(24-5-4-18-32-24)27-26(29)22-14-16-28(17-15-22)33(30,31)23-12-6-19(2)7-13-23/h4-13,18,22,25H,3,14-17H2,1-2H3,(H,27,29)/t25-/m0/s1. The molecule has 1 aliphatic heterocycles. The minimum atomic E-state index is -3.53. The summed E-state index contributed by atoms with van der Waals surface area (Å²) in [5.74, 6) is -0.216. The molecule has 5 nitrogen and oxygen atoms in total. The van der Waals surface area contributed by atoms with Crippen LogP contribution in [-0.4, -0.2) is 31.7 Å². The lowest BCUT2D eigenvalue weighted by atomic mass is 9.95. The van der Waals surface area contributed by atoms with Gasteiger partial charge in [0.05, 0.1) is 10.9 Å². The highest BCUT2D eigenvalue weighted by molar-refractivity contribution is 7.89. The first kappa shape index (κ1) is 23.7. The summed E-state index contributed by atoms with van der Waals surface area (Å²) in [5, 5.41) is 5.26. The first-order valence-corrected chi connectivity index (χ1v) is 13.7. The Morgan fingerprint density at radius 1 is 1.06 bits per heavy atom. The van der Waals surface area contributed by atoms with Crippen LogP contribution in [0.25, 0.3) is 0 Å². The average Bonchev–Trinajstić information content (AvgIpc) is 3.37. The van der Waals surface area contributed by atoms with Gasteiger partial charge in [-0.05, 0) is 60.9 Å². The maximum atomic E-state index is 13.2. The van der Waals surface area contributed by atoms with Crippen molar-refractivity contribution in [3.8, 4) is 0 Å². The van der Waals surface area contributed by atoms with Crippen LogP contribution in [0.15, 0.2) is 70.9 Å². The maximum Gasteiger partial charge on any atom is 0.243 e. The summed E-state index contributed by atoms with van der Waals surface area (Å²) in [6.45, 7) is 4.76. The molecule has 1 aromatic heterocycles. The molecule has 1 amide bonds. The van der Waals surface area contributed by atoms with E-state index >= 15 is 0 Å². The van der Waals surface area contributed by atoms with Crippen molar-refractivity contribution in [2.75, 3.05) is 13.1 Å². The summed E-state index contributed by atoms with van der Waals surface area (Å²) < 4.78 is 27.4. The summed E-state index contributed by atoms with van der Waals surface area (Å²) in [6, 6.07) is 19.1. The summed E-state index contributed by atoms with van der Waals surface area (Å²) in [5.41, 5.74) is 3.34. The minimum absolute atomic E-state index is 0.0136. The van der Waals surface area contributed by atoms with E-state index in [-0.39, 0.29) is 17.9 Å². The van der Waals surface area contributed by atoms with Crippen molar-refractivity contribution < 1.29 is 13.2 Å². The van der Waals surface area contributed by atoms with Crippen LogP contribution in [0.2, 0.25) is 0 Å². The number of carbonyl (C=O) groups is 1. The zero-order valence-corrected chi connectivity index (χ0v) is 20.7. The number of rotatable bonds is 7. The molecule has 0 bridgehead atoms. The zero-order chi connectivity index (χ0) is 23.4. The van der Waals surface area contributed by atoms with Gasteiger partial charge in [0.25, 0.3) is 0 Å². The van der Waals surface area contributed by atoms with E-state index in [4.69, 9.17) is 0 Å². The van der Waals surface area contributed by atoms with E-state index in [2.05, 4.69) is 36.5 Å². The second-order valence-electron chi connectivity index (χ2n) is 8.54. The first-order valence-electron chi connectivity index (χ1n) is 11.4. The molecule has 0 spiro atoms. The molecule has 0 radical (unpaired) electrons. The average molecular weight is 483 g/mol. The van der Waals surface area contributed by atoms with Gasteiger partial charge in [-0.15, -0.1) is 11.3 Å². The van der Waals surface area contributed by atoms with E-state index in [1.807, 2.05) is 36.6 Å². The molecular formula is C26H30N2O3S2. The normalized spacial score (nSPS) is 16.4. The van der Waals surface area contributed by atoms with Gasteiger partial charge in [-0.2, -0.15) is 4.31 Å². The lowest BCUT2D eigenvalue weighted by Crippen LogP contribution is -2.43. The molecule has 0 aliphatic carbocycles. The van der Waals surface area contributed by atoms with Crippen molar-refractivity contribution in [3.05, 3.63) is 87.6 Å². The molecule has 2 aromatic carbocycles. The number of amides is 1. The Labute approximate surface area is 200 Å². The molecule has 2 heterocycles. The topological polar surface area (TPSA) is 66.5 Å². The van der Waals surface area contributed by atoms with Gasteiger partial charge >= 0.3 is 0 Å². The number of piperidine rings is 1. The third-order valence-electron chi connectivity index (χ3n) is 6.32. The Hall–Kier alpha value is -2.48. The van der Waals surface area contributed by atoms with E-state index < -0.39 is 10.0 Å². The number of thiophene rings is 1. The predicted molar refractivity (Wildman–Crippen MR) is 133 cm³/mol. The number of carbonyl (C=O) groups excluding carboxylic acids is 1. The van der Waals surface area contributed by atoms with E-state index in [9.17, 15) is 13.2 Å². The van der Waals surface area contributed by atoms with Gasteiger partial charge in [-0.25, -0.2) is 8.42 Å². The van der Waals surface area contributed by atoms with Crippen LogP contribution in [0.5, 0.6) is 0 Å². The second-order valence-corrected chi connectivity index (χ2v) is 11.5. The van der Waals surface area contributed by atoms with Gasteiger partial charge in [0.2, 0.25) is 15.9 Å². The van der Waals surface area contributed by atoms with Gasteiger partial charge in [0, 0.05) is 23.9 Å². The highest BCUT2D eigenvalue weighted by Gasteiger charge is 2.33. The van der Waals surface area contributed by atoms with Gasteiger partial charge in [-0.1, -0.05) is 55.0 Å². The van der Waals surface area contributed by atoms with Crippen molar-refractivity contribution in [2.45, 2.75) is 44.0 Å². The van der Waals surface area contributed by atoms with E-state index in [0.717, 1.165) is 22.4 Å². The fraction of sp³-hybridized carbons (Fsp3) is 0.346. The summed E-state index contributed by atoms with van der Waals surface area (Å²) >= 11 is 1.62. The number of benzene rings is 2. The molecule has 1 saturated heterocycles.